The summed E-state index contributed by atoms with van der Waals surface area (Å²) in [5.41, 5.74) is 0.397. The van der Waals surface area contributed by atoms with Crippen LogP contribution in [0.3, 0.4) is 0 Å². The third kappa shape index (κ3) is 4.83. The van der Waals surface area contributed by atoms with E-state index in [0.29, 0.717) is 18.8 Å². The van der Waals surface area contributed by atoms with E-state index in [1.54, 1.807) is 11.8 Å². The molecule has 0 saturated heterocycles. The predicted octanol–water partition coefficient (Wildman–Crippen LogP) is 3.26. The van der Waals surface area contributed by atoms with Crippen LogP contribution in [0.2, 0.25) is 0 Å². The number of fused-ring (bicyclic) bond motifs is 1. The molecule has 4 rings (SSSR count). The molecule has 8 nitrogen and oxygen atoms in total. The molecule has 1 fully saturated rings. The van der Waals surface area contributed by atoms with Crippen LogP contribution < -0.4 is 10.6 Å². The normalized spacial score (nSPS) is 20.6. The first-order valence-electron chi connectivity index (χ1n) is 11.5. The molecule has 9 heteroatoms. The Bertz CT molecular complexity index is 1060. The lowest BCUT2D eigenvalue weighted by Gasteiger charge is -2.43. The summed E-state index contributed by atoms with van der Waals surface area (Å²) >= 11 is 3.42. The van der Waals surface area contributed by atoms with Gasteiger partial charge in [0.1, 0.15) is 11.2 Å². The van der Waals surface area contributed by atoms with Crippen LogP contribution in [0.15, 0.2) is 34.8 Å². The number of rotatable bonds is 7. The maximum Gasteiger partial charge on any atom is 0.273 e. The number of halogens is 1. The molecule has 1 saturated carbocycles. The summed E-state index contributed by atoms with van der Waals surface area (Å²) in [6.07, 6.45) is 4.89. The van der Waals surface area contributed by atoms with E-state index in [1.165, 1.54) is 10.7 Å². The Kier molecular flexibility index (Phi) is 6.88. The number of aromatic nitrogens is 2. The molecule has 0 spiro atoms. The maximum atomic E-state index is 13.4. The highest BCUT2D eigenvalue weighted by molar-refractivity contribution is 9.10. The van der Waals surface area contributed by atoms with Gasteiger partial charge in [0.2, 0.25) is 5.91 Å². The van der Waals surface area contributed by atoms with E-state index in [1.807, 2.05) is 31.2 Å². The van der Waals surface area contributed by atoms with Crippen LogP contribution in [-0.2, 0) is 17.9 Å². The summed E-state index contributed by atoms with van der Waals surface area (Å²) in [7, 11) is 0. The van der Waals surface area contributed by atoms with Crippen LogP contribution in [0.25, 0.3) is 0 Å². The van der Waals surface area contributed by atoms with Crippen molar-refractivity contribution in [3.8, 4) is 0 Å². The second kappa shape index (κ2) is 9.67. The average Bonchev–Trinajstić information content (AvgIpc) is 3.45. The molecule has 3 amide bonds. The molecule has 1 aliphatic heterocycles. The van der Waals surface area contributed by atoms with Gasteiger partial charge in [-0.15, -0.1) is 0 Å². The first-order chi connectivity index (χ1) is 15.8. The van der Waals surface area contributed by atoms with Crippen molar-refractivity contribution in [2.45, 2.75) is 70.6 Å². The van der Waals surface area contributed by atoms with Gasteiger partial charge < -0.3 is 15.5 Å². The van der Waals surface area contributed by atoms with Gasteiger partial charge in [0.05, 0.1) is 6.54 Å². The van der Waals surface area contributed by atoms with E-state index in [4.69, 9.17) is 0 Å². The minimum atomic E-state index is -1.06. The van der Waals surface area contributed by atoms with Crippen molar-refractivity contribution in [3.05, 3.63) is 51.8 Å². The molecule has 2 aromatic rings. The fraction of sp³-hybridized carbons (Fsp3) is 0.500. The van der Waals surface area contributed by atoms with Crippen molar-refractivity contribution in [3.63, 3.8) is 0 Å². The highest BCUT2D eigenvalue weighted by Crippen LogP contribution is 2.29. The van der Waals surface area contributed by atoms with Gasteiger partial charge in [0.15, 0.2) is 5.69 Å². The van der Waals surface area contributed by atoms with Crippen LogP contribution in [0.1, 0.15) is 72.5 Å². The lowest BCUT2D eigenvalue weighted by molar-refractivity contribution is -0.133. The summed E-state index contributed by atoms with van der Waals surface area (Å²) in [5, 5.41) is 10.4. The third-order valence-corrected chi connectivity index (χ3v) is 6.99. The van der Waals surface area contributed by atoms with Gasteiger partial charge in [-0.05, 0) is 43.9 Å². The average molecular weight is 516 g/mol. The molecule has 33 heavy (non-hydrogen) atoms. The fourth-order valence-corrected chi connectivity index (χ4v) is 5.10. The number of amides is 3. The second-order valence-electron chi connectivity index (χ2n) is 9.07. The minimum absolute atomic E-state index is 0.155. The highest BCUT2D eigenvalue weighted by Gasteiger charge is 2.48. The fourth-order valence-electron chi connectivity index (χ4n) is 4.66. The van der Waals surface area contributed by atoms with Crippen molar-refractivity contribution in [1.29, 1.82) is 0 Å². The molecular formula is C24H30BrN5O3. The Labute approximate surface area is 202 Å². The van der Waals surface area contributed by atoms with Crippen LogP contribution in [-0.4, -0.2) is 50.5 Å². The van der Waals surface area contributed by atoms with Gasteiger partial charge in [0, 0.05) is 29.7 Å². The van der Waals surface area contributed by atoms with Crippen molar-refractivity contribution < 1.29 is 14.4 Å². The first kappa shape index (κ1) is 23.5. The van der Waals surface area contributed by atoms with Crippen molar-refractivity contribution >= 4 is 33.7 Å². The molecule has 2 heterocycles. The van der Waals surface area contributed by atoms with Gasteiger partial charge >= 0.3 is 0 Å². The highest BCUT2D eigenvalue weighted by atomic mass is 79.9. The number of carbonyl (C=O) groups is 3. The predicted molar refractivity (Wildman–Crippen MR) is 128 cm³/mol. The largest absolute Gasteiger partial charge is 0.351 e. The Morgan fingerprint density at radius 2 is 2.00 bits per heavy atom. The van der Waals surface area contributed by atoms with Gasteiger partial charge in [-0.25, -0.2) is 0 Å². The standard InChI is InChI=1S/C24H30BrN5O3/c1-3-11-29-22(32)20-13-19(21(31)26-14-16-7-6-8-17(25)12-16)28-30(20)15-24(29,2)23(33)27-18-9-4-5-10-18/h6-8,12-13,18H,3-5,9-11,14-15H2,1-2H3,(H,26,31)(H,27,33). The quantitative estimate of drug-likeness (QED) is 0.591. The lowest BCUT2D eigenvalue weighted by atomic mass is 9.94. The smallest absolute Gasteiger partial charge is 0.273 e. The van der Waals surface area contributed by atoms with E-state index < -0.39 is 5.54 Å². The Morgan fingerprint density at radius 1 is 1.24 bits per heavy atom. The molecule has 0 bridgehead atoms. The molecule has 1 atom stereocenters. The van der Waals surface area contributed by atoms with Gasteiger partial charge in [-0.2, -0.15) is 5.10 Å². The third-order valence-electron chi connectivity index (χ3n) is 6.50. The SMILES string of the molecule is CCCN1C(=O)c2cc(C(=O)NCc3cccc(Br)c3)nn2CC1(C)C(=O)NC1CCCC1. The van der Waals surface area contributed by atoms with Crippen LogP contribution >= 0.6 is 15.9 Å². The van der Waals surface area contributed by atoms with Crippen LogP contribution in [0, 0.1) is 0 Å². The molecule has 1 aromatic heterocycles. The van der Waals surface area contributed by atoms with E-state index in [9.17, 15) is 14.4 Å². The number of hydrogen-bond acceptors (Lipinski definition) is 4. The summed E-state index contributed by atoms with van der Waals surface area (Å²) in [6, 6.07) is 9.35. The topological polar surface area (TPSA) is 96.3 Å². The zero-order chi connectivity index (χ0) is 23.6. The Balaban J connectivity index is 1.53. The van der Waals surface area contributed by atoms with Crippen molar-refractivity contribution in [1.82, 2.24) is 25.3 Å². The molecule has 1 unspecified atom stereocenters. The summed E-state index contributed by atoms with van der Waals surface area (Å²) in [5.74, 6) is -0.785. The van der Waals surface area contributed by atoms with Crippen molar-refractivity contribution in [2.24, 2.45) is 0 Å². The van der Waals surface area contributed by atoms with E-state index >= 15 is 0 Å². The molecule has 1 aliphatic carbocycles. The first-order valence-corrected chi connectivity index (χ1v) is 12.3. The Morgan fingerprint density at radius 3 is 2.70 bits per heavy atom. The molecule has 2 aliphatic rings. The zero-order valence-electron chi connectivity index (χ0n) is 19.1. The molecule has 176 valence electrons. The van der Waals surface area contributed by atoms with E-state index in [-0.39, 0.29) is 36.0 Å². The van der Waals surface area contributed by atoms with Crippen LogP contribution in [0.5, 0.6) is 0 Å². The zero-order valence-corrected chi connectivity index (χ0v) is 20.7. The number of nitrogens with one attached hydrogen (secondary N) is 2. The number of hydrogen-bond donors (Lipinski definition) is 2. The molecule has 2 N–H and O–H groups in total. The van der Waals surface area contributed by atoms with Gasteiger partial charge in [-0.3, -0.25) is 19.1 Å². The van der Waals surface area contributed by atoms with Crippen LogP contribution in [0.4, 0.5) is 0 Å². The van der Waals surface area contributed by atoms with E-state index in [0.717, 1.165) is 42.1 Å². The lowest BCUT2D eigenvalue weighted by Crippen LogP contribution is -2.65. The van der Waals surface area contributed by atoms with E-state index in [2.05, 4.69) is 31.7 Å². The van der Waals surface area contributed by atoms with Crippen molar-refractivity contribution in [2.75, 3.05) is 6.54 Å². The maximum absolute atomic E-state index is 13.4. The molecule has 1 aromatic carbocycles. The summed E-state index contributed by atoms with van der Waals surface area (Å²) in [4.78, 5) is 41.1. The number of nitrogens with zero attached hydrogens (tertiary/aromatic N) is 3. The summed E-state index contributed by atoms with van der Waals surface area (Å²) in [6.45, 7) is 4.80. The monoisotopic (exact) mass is 515 g/mol. The van der Waals surface area contributed by atoms with Gasteiger partial charge in [0.25, 0.3) is 11.8 Å². The summed E-state index contributed by atoms with van der Waals surface area (Å²) < 4.78 is 2.44. The Hall–Kier alpha value is -2.68. The molecular weight excluding hydrogens is 486 g/mol. The minimum Gasteiger partial charge on any atom is -0.351 e. The second-order valence-corrected chi connectivity index (χ2v) is 9.99. The number of benzene rings is 1. The molecule has 0 radical (unpaired) electrons. The van der Waals surface area contributed by atoms with Gasteiger partial charge in [-0.1, -0.05) is 47.8 Å². The number of carbonyl (C=O) groups excluding carboxylic acids is 3.